The van der Waals surface area contributed by atoms with E-state index in [-0.39, 0.29) is 11.6 Å². The Morgan fingerprint density at radius 2 is 2.03 bits per heavy atom. The lowest BCUT2D eigenvalue weighted by Gasteiger charge is -2.10. The zero-order chi connectivity index (χ0) is 22.1. The van der Waals surface area contributed by atoms with Gasteiger partial charge in [-0.2, -0.15) is 10.4 Å². The summed E-state index contributed by atoms with van der Waals surface area (Å²) in [6.07, 6.45) is 3.03. The number of guanidine groups is 1. The average Bonchev–Trinajstić information content (AvgIpc) is 3.11. The first-order chi connectivity index (χ1) is 15.1. The number of nitrogens with one attached hydrogen (secondary N) is 2. The molecule has 0 saturated heterocycles. The molecule has 0 aliphatic carbocycles. The van der Waals surface area contributed by atoms with E-state index in [1.165, 1.54) is 16.8 Å². The average molecular weight is 420 g/mol. The van der Waals surface area contributed by atoms with Crippen LogP contribution in [0.15, 0.2) is 53.7 Å². The molecular weight excluding hydrogens is 395 g/mol. The SMILES string of the molecule is CCNC(=NCc1ccccn1)NCCCc1nn(-c2ccc(F)cc2)c(N)c1C#N. The van der Waals surface area contributed by atoms with Gasteiger partial charge in [-0.05, 0) is 56.2 Å². The van der Waals surface area contributed by atoms with Gasteiger partial charge in [0.25, 0.3) is 0 Å². The Labute approximate surface area is 180 Å². The minimum atomic E-state index is -0.345. The van der Waals surface area contributed by atoms with Crippen LogP contribution < -0.4 is 16.4 Å². The number of hydrogen-bond donors (Lipinski definition) is 3. The lowest BCUT2D eigenvalue weighted by Crippen LogP contribution is -2.37. The molecule has 2 aromatic heterocycles. The molecule has 160 valence electrons. The standard InChI is InChI=1S/C22H25FN8/c1-2-26-22(29-15-17-6-3-4-12-27-17)28-13-5-7-20-19(14-24)21(25)31(30-20)18-10-8-16(23)9-11-18/h3-4,6,8-12H,2,5,7,13,15,25H2,1H3,(H2,26,28,29). The van der Waals surface area contributed by atoms with Gasteiger partial charge >= 0.3 is 0 Å². The Balaban J connectivity index is 1.61. The Morgan fingerprint density at radius 3 is 2.71 bits per heavy atom. The van der Waals surface area contributed by atoms with Crippen molar-refractivity contribution < 1.29 is 4.39 Å². The quantitative estimate of drug-likeness (QED) is 0.293. The van der Waals surface area contributed by atoms with Crippen LogP contribution in [0.3, 0.4) is 0 Å². The number of nitrogens with two attached hydrogens (primary N) is 1. The van der Waals surface area contributed by atoms with Crippen molar-refractivity contribution in [3.05, 3.63) is 71.4 Å². The van der Waals surface area contributed by atoms with Crippen molar-refractivity contribution in [1.29, 1.82) is 5.26 Å². The molecule has 2 heterocycles. The predicted octanol–water partition coefficient (Wildman–Crippen LogP) is 2.55. The number of aryl methyl sites for hydroxylation is 1. The number of nitriles is 1. The van der Waals surface area contributed by atoms with Crippen molar-refractivity contribution in [2.24, 2.45) is 4.99 Å². The van der Waals surface area contributed by atoms with Crippen molar-refractivity contribution in [2.75, 3.05) is 18.8 Å². The fraction of sp³-hybridized carbons (Fsp3) is 0.273. The lowest BCUT2D eigenvalue weighted by atomic mass is 10.1. The highest BCUT2D eigenvalue weighted by Crippen LogP contribution is 2.21. The van der Waals surface area contributed by atoms with E-state index in [9.17, 15) is 9.65 Å². The highest BCUT2D eigenvalue weighted by atomic mass is 19.1. The summed E-state index contributed by atoms with van der Waals surface area (Å²) in [5.41, 5.74) is 8.56. The maximum Gasteiger partial charge on any atom is 0.191 e. The Kier molecular flexibility index (Phi) is 7.54. The molecule has 0 spiro atoms. The number of nitrogens with zero attached hydrogens (tertiary/aromatic N) is 5. The highest BCUT2D eigenvalue weighted by Gasteiger charge is 2.16. The molecule has 0 radical (unpaired) electrons. The third-order valence-electron chi connectivity index (χ3n) is 4.53. The van der Waals surface area contributed by atoms with Gasteiger partial charge in [-0.3, -0.25) is 4.98 Å². The van der Waals surface area contributed by atoms with E-state index in [4.69, 9.17) is 5.73 Å². The van der Waals surface area contributed by atoms with Gasteiger partial charge in [-0.1, -0.05) is 6.07 Å². The van der Waals surface area contributed by atoms with Gasteiger partial charge in [0, 0.05) is 19.3 Å². The van der Waals surface area contributed by atoms with Gasteiger partial charge in [0.2, 0.25) is 0 Å². The van der Waals surface area contributed by atoms with Crippen LogP contribution in [-0.2, 0) is 13.0 Å². The van der Waals surface area contributed by atoms with Crippen LogP contribution in [0, 0.1) is 17.1 Å². The van der Waals surface area contributed by atoms with Crippen molar-refractivity contribution in [3.63, 3.8) is 0 Å². The molecule has 0 saturated carbocycles. The summed E-state index contributed by atoms with van der Waals surface area (Å²) < 4.78 is 14.7. The number of aromatic nitrogens is 3. The first-order valence-corrected chi connectivity index (χ1v) is 10.1. The second-order valence-corrected chi connectivity index (χ2v) is 6.75. The molecule has 31 heavy (non-hydrogen) atoms. The molecule has 0 fully saturated rings. The highest BCUT2D eigenvalue weighted by molar-refractivity contribution is 5.79. The minimum absolute atomic E-state index is 0.252. The van der Waals surface area contributed by atoms with Crippen molar-refractivity contribution >= 4 is 11.8 Å². The maximum absolute atomic E-state index is 13.2. The van der Waals surface area contributed by atoms with Gasteiger partial charge in [0.05, 0.1) is 23.6 Å². The van der Waals surface area contributed by atoms with E-state index in [2.05, 4.69) is 31.8 Å². The molecule has 4 N–H and O–H groups in total. The smallest absolute Gasteiger partial charge is 0.191 e. The van der Waals surface area contributed by atoms with E-state index in [0.717, 1.165) is 18.7 Å². The number of hydrogen-bond acceptors (Lipinski definition) is 5. The molecule has 0 aliphatic heterocycles. The number of aliphatic imine (C=N–C) groups is 1. The van der Waals surface area contributed by atoms with Gasteiger partial charge in [-0.25, -0.2) is 14.1 Å². The van der Waals surface area contributed by atoms with E-state index >= 15 is 0 Å². The number of benzene rings is 1. The molecule has 0 atom stereocenters. The molecule has 3 aromatic rings. The van der Waals surface area contributed by atoms with E-state index < -0.39 is 0 Å². The van der Waals surface area contributed by atoms with Crippen molar-refractivity contribution in [2.45, 2.75) is 26.3 Å². The summed E-state index contributed by atoms with van der Waals surface area (Å²) in [7, 11) is 0. The van der Waals surface area contributed by atoms with Crippen molar-refractivity contribution in [3.8, 4) is 11.8 Å². The maximum atomic E-state index is 13.2. The molecular formula is C22H25FN8. The lowest BCUT2D eigenvalue weighted by molar-refractivity contribution is 0.627. The second-order valence-electron chi connectivity index (χ2n) is 6.75. The number of anilines is 1. The van der Waals surface area contributed by atoms with Crippen LogP contribution in [0.2, 0.25) is 0 Å². The summed E-state index contributed by atoms with van der Waals surface area (Å²) in [6.45, 7) is 3.86. The zero-order valence-corrected chi connectivity index (χ0v) is 17.3. The Bertz CT molecular complexity index is 1050. The summed E-state index contributed by atoms with van der Waals surface area (Å²) in [5, 5.41) is 20.5. The first-order valence-electron chi connectivity index (χ1n) is 10.1. The van der Waals surface area contributed by atoms with Gasteiger partial charge in [-0.15, -0.1) is 0 Å². The van der Waals surface area contributed by atoms with Gasteiger partial charge in [0.1, 0.15) is 23.3 Å². The van der Waals surface area contributed by atoms with E-state index in [0.29, 0.717) is 42.4 Å². The molecule has 3 rings (SSSR count). The van der Waals surface area contributed by atoms with Gasteiger partial charge < -0.3 is 16.4 Å². The van der Waals surface area contributed by atoms with Crippen LogP contribution in [0.1, 0.15) is 30.3 Å². The number of nitrogen functional groups attached to an aromatic ring is 1. The molecule has 9 heteroatoms. The largest absolute Gasteiger partial charge is 0.382 e. The predicted molar refractivity (Wildman–Crippen MR) is 118 cm³/mol. The minimum Gasteiger partial charge on any atom is -0.382 e. The summed E-state index contributed by atoms with van der Waals surface area (Å²) >= 11 is 0. The van der Waals surface area contributed by atoms with Crippen LogP contribution in [-0.4, -0.2) is 33.8 Å². The normalized spacial score (nSPS) is 11.2. The Hall–Kier alpha value is -3.93. The van der Waals surface area contributed by atoms with Crippen molar-refractivity contribution in [1.82, 2.24) is 25.4 Å². The first kappa shape index (κ1) is 21.8. The fourth-order valence-electron chi connectivity index (χ4n) is 3.01. The molecule has 0 aliphatic rings. The van der Waals surface area contributed by atoms with Gasteiger partial charge in [0.15, 0.2) is 5.96 Å². The molecule has 1 aromatic carbocycles. The third-order valence-corrected chi connectivity index (χ3v) is 4.53. The summed E-state index contributed by atoms with van der Waals surface area (Å²) in [5.74, 6) is 0.606. The molecule has 0 bridgehead atoms. The van der Waals surface area contributed by atoms with E-state index in [1.54, 1.807) is 18.3 Å². The monoisotopic (exact) mass is 420 g/mol. The van der Waals surface area contributed by atoms with Crippen LogP contribution in [0.4, 0.5) is 10.2 Å². The number of pyridine rings is 1. The topological polar surface area (TPSA) is 117 Å². The number of rotatable bonds is 8. The molecule has 8 nitrogen and oxygen atoms in total. The van der Waals surface area contributed by atoms with Crippen LogP contribution in [0.5, 0.6) is 0 Å². The molecule has 0 unspecified atom stereocenters. The van der Waals surface area contributed by atoms with Crippen LogP contribution >= 0.6 is 0 Å². The van der Waals surface area contributed by atoms with Crippen LogP contribution in [0.25, 0.3) is 5.69 Å². The zero-order valence-electron chi connectivity index (χ0n) is 17.3. The molecule has 0 amide bonds. The summed E-state index contributed by atoms with van der Waals surface area (Å²) in [6, 6.07) is 13.7. The second kappa shape index (κ2) is 10.7. The Morgan fingerprint density at radius 1 is 1.23 bits per heavy atom. The number of halogens is 1. The fourth-order valence-corrected chi connectivity index (χ4v) is 3.01. The summed E-state index contributed by atoms with van der Waals surface area (Å²) in [4.78, 5) is 8.81. The third kappa shape index (κ3) is 5.79. The van der Waals surface area contributed by atoms with E-state index in [1.807, 2.05) is 25.1 Å².